The Bertz CT molecular complexity index is 835. The van der Waals surface area contributed by atoms with Gasteiger partial charge in [0.15, 0.2) is 0 Å². The smallest absolute Gasteiger partial charge is 0.303 e. The molecule has 0 bridgehead atoms. The van der Waals surface area contributed by atoms with E-state index in [0.717, 1.165) is 12.0 Å². The Morgan fingerprint density at radius 2 is 1.85 bits per heavy atom. The van der Waals surface area contributed by atoms with Gasteiger partial charge < -0.3 is 15.3 Å². The lowest BCUT2D eigenvalue weighted by molar-refractivity contribution is -0.137. The molecule has 1 aliphatic heterocycles. The van der Waals surface area contributed by atoms with E-state index in [9.17, 15) is 14.4 Å². The van der Waals surface area contributed by atoms with E-state index >= 15 is 0 Å². The molecule has 27 heavy (non-hydrogen) atoms. The number of likely N-dealkylation sites (tertiary alicyclic amines) is 1. The Hall–Kier alpha value is -3.15. The molecule has 1 fully saturated rings. The Balaban J connectivity index is 1.67. The van der Waals surface area contributed by atoms with Gasteiger partial charge >= 0.3 is 5.97 Å². The van der Waals surface area contributed by atoms with E-state index in [1.54, 1.807) is 47.4 Å². The van der Waals surface area contributed by atoms with Gasteiger partial charge in [-0.15, -0.1) is 0 Å². The number of benzene rings is 2. The van der Waals surface area contributed by atoms with Crippen molar-refractivity contribution >= 4 is 23.5 Å². The van der Waals surface area contributed by atoms with Gasteiger partial charge in [0.1, 0.15) is 6.04 Å². The summed E-state index contributed by atoms with van der Waals surface area (Å²) in [6, 6.07) is 15.6. The molecule has 0 spiro atoms. The number of carbonyl (C=O) groups excluding carboxylic acids is 2. The zero-order valence-electron chi connectivity index (χ0n) is 14.9. The highest BCUT2D eigenvalue weighted by molar-refractivity contribution is 6.01. The number of anilines is 1. The fourth-order valence-electron chi connectivity index (χ4n) is 3.31. The summed E-state index contributed by atoms with van der Waals surface area (Å²) < 4.78 is 0. The highest BCUT2D eigenvalue weighted by Gasteiger charge is 2.34. The fraction of sp³-hybridized carbons (Fsp3) is 0.286. The van der Waals surface area contributed by atoms with Crippen molar-refractivity contribution in [3.63, 3.8) is 0 Å². The fourth-order valence-corrected chi connectivity index (χ4v) is 3.31. The Kier molecular flexibility index (Phi) is 5.86. The van der Waals surface area contributed by atoms with Crippen LogP contribution < -0.4 is 5.32 Å². The monoisotopic (exact) mass is 366 g/mol. The first-order valence-corrected chi connectivity index (χ1v) is 9.02. The quantitative estimate of drug-likeness (QED) is 0.823. The minimum Gasteiger partial charge on any atom is -0.481 e. The van der Waals surface area contributed by atoms with Crippen molar-refractivity contribution in [1.82, 2.24) is 4.90 Å². The number of carbonyl (C=O) groups is 3. The van der Waals surface area contributed by atoms with E-state index in [2.05, 4.69) is 5.32 Å². The van der Waals surface area contributed by atoms with Gasteiger partial charge in [-0.3, -0.25) is 14.4 Å². The van der Waals surface area contributed by atoms with Crippen molar-refractivity contribution in [2.45, 2.75) is 31.7 Å². The Morgan fingerprint density at radius 3 is 2.59 bits per heavy atom. The van der Waals surface area contributed by atoms with E-state index in [-0.39, 0.29) is 18.2 Å². The first kappa shape index (κ1) is 18.6. The maximum Gasteiger partial charge on any atom is 0.303 e. The number of nitrogens with zero attached hydrogens (tertiary/aromatic N) is 1. The lowest BCUT2D eigenvalue weighted by atomic mass is 10.1. The summed E-state index contributed by atoms with van der Waals surface area (Å²) >= 11 is 0. The number of aryl methyl sites for hydroxylation is 1. The van der Waals surface area contributed by atoms with Gasteiger partial charge in [-0.05, 0) is 49.1 Å². The molecule has 0 saturated carbocycles. The summed E-state index contributed by atoms with van der Waals surface area (Å²) in [5, 5.41) is 11.7. The summed E-state index contributed by atoms with van der Waals surface area (Å²) in [5.74, 6) is -1.21. The van der Waals surface area contributed by atoms with E-state index in [1.807, 2.05) is 12.1 Å². The van der Waals surface area contributed by atoms with Crippen LogP contribution in [-0.2, 0) is 16.0 Å². The highest BCUT2D eigenvalue weighted by Crippen LogP contribution is 2.22. The molecule has 3 rings (SSSR count). The number of nitrogens with one attached hydrogen (secondary N) is 1. The molecule has 1 unspecified atom stereocenters. The van der Waals surface area contributed by atoms with Gasteiger partial charge in [0.25, 0.3) is 5.91 Å². The van der Waals surface area contributed by atoms with Crippen LogP contribution in [0.1, 0.15) is 35.2 Å². The molecular weight excluding hydrogens is 344 g/mol. The summed E-state index contributed by atoms with van der Waals surface area (Å²) in [6.45, 7) is 0.560. The zero-order valence-corrected chi connectivity index (χ0v) is 14.9. The molecule has 0 aromatic heterocycles. The van der Waals surface area contributed by atoms with Gasteiger partial charge in [0, 0.05) is 24.2 Å². The normalized spacial score (nSPS) is 16.1. The van der Waals surface area contributed by atoms with Gasteiger partial charge in [0.2, 0.25) is 5.91 Å². The van der Waals surface area contributed by atoms with E-state index < -0.39 is 12.0 Å². The number of aliphatic carboxylic acids is 1. The van der Waals surface area contributed by atoms with E-state index in [1.165, 1.54) is 0 Å². The van der Waals surface area contributed by atoms with Crippen LogP contribution in [0.3, 0.4) is 0 Å². The maximum atomic E-state index is 12.7. The molecule has 2 amide bonds. The second kappa shape index (κ2) is 8.49. The van der Waals surface area contributed by atoms with Crippen molar-refractivity contribution in [3.8, 4) is 0 Å². The Labute approximate surface area is 157 Å². The minimum atomic E-state index is -0.856. The molecule has 2 N–H and O–H groups in total. The summed E-state index contributed by atoms with van der Waals surface area (Å²) in [5.41, 5.74) is 2.04. The van der Waals surface area contributed by atoms with Crippen LogP contribution in [0.5, 0.6) is 0 Å². The van der Waals surface area contributed by atoms with Gasteiger partial charge in [-0.1, -0.05) is 30.3 Å². The third kappa shape index (κ3) is 4.73. The van der Waals surface area contributed by atoms with Crippen LogP contribution in [0.15, 0.2) is 54.6 Å². The first-order valence-electron chi connectivity index (χ1n) is 9.02. The third-order valence-electron chi connectivity index (χ3n) is 4.66. The molecule has 2 aromatic carbocycles. The van der Waals surface area contributed by atoms with Crippen LogP contribution in [0.2, 0.25) is 0 Å². The van der Waals surface area contributed by atoms with Gasteiger partial charge in [-0.25, -0.2) is 0 Å². The topological polar surface area (TPSA) is 86.7 Å². The lowest BCUT2D eigenvalue weighted by Crippen LogP contribution is -2.43. The average Bonchev–Trinajstić information content (AvgIpc) is 3.17. The molecule has 0 radical (unpaired) electrons. The van der Waals surface area contributed by atoms with Crippen LogP contribution in [-0.4, -0.2) is 40.4 Å². The second-order valence-corrected chi connectivity index (χ2v) is 6.61. The third-order valence-corrected chi connectivity index (χ3v) is 4.66. The summed E-state index contributed by atoms with van der Waals surface area (Å²) in [4.78, 5) is 37.8. The standard InChI is InChI=1S/C21H22N2O4/c24-19(25)12-11-15-6-4-9-17(14-15)22-20(26)18-10-5-13-23(18)21(27)16-7-2-1-3-8-16/h1-4,6-9,14,18H,5,10-13H2,(H,22,26)(H,24,25). The molecule has 1 atom stereocenters. The molecule has 140 valence electrons. The number of carboxylic acid groups (broad SMARTS) is 1. The Morgan fingerprint density at radius 1 is 1.07 bits per heavy atom. The second-order valence-electron chi connectivity index (χ2n) is 6.61. The molecule has 2 aromatic rings. The van der Waals surface area contributed by atoms with Crippen molar-refractivity contribution in [1.29, 1.82) is 0 Å². The molecular formula is C21H22N2O4. The lowest BCUT2D eigenvalue weighted by Gasteiger charge is -2.24. The molecule has 1 heterocycles. The van der Waals surface area contributed by atoms with Crippen molar-refractivity contribution < 1.29 is 19.5 Å². The molecule has 0 aliphatic carbocycles. The molecule has 1 aliphatic rings. The average molecular weight is 366 g/mol. The maximum absolute atomic E-state index is 12.7. The first-order chi connectivity index (χ1) is 13.0. The van der Waals surface area contributed by atoms with Crippen molar-refractivity contribution in [2.75, 3.05) is 11.9 Å². The van der Waals surface area contributed by atoms with Gasteiger partial charge in [-0.2, -0.15) is 0 Å². The van der Waals surface area contributed by atoms with E-state index in [0.29, 0.717) is 30.6 Å². The molecule has 1 saturated heterocycles. The predicted molar refractivity (Wildman–Crippen MR) is 102 cm³/mol. The van der Waals surface area contributed by atoms with Crippen molar-refractivity contribution in [3.05, 3.63) is 65.7 Å². The van der Waals surface area contributed by atoms with Crippen LogP contribution in [0, 0.1) is 0 Å². The molecule has 6 nitrogen and oxygen atoms in total. The number of hydrogen-bond donors (Lipinski definition) is 2. The highest BCUT2D eigenvalue weighted by atomic mass is 16.4. The predicted octanol–water partition coefficient (Wildman–Crippen LogP) is 2.95. The number of hydrogen-bond acceptors (Lipinski definition) is 3. The summed E-state index contributed by atoms with van der Waals surface area (Å²) in [7, 11) is 0. The number of carboxylic acids is 1. The number of amides is 2. The van der Waals surface area contributed by atoms with Gasteiger partial charge in [0.05, 0.1) is 0 Å². The zero-order chi connectivity index (χ0) is 19.2. The van der Waals surface area contributed by atoms with Crippen LogP contribution in [0.25, 0.3) is 0 Å². The SMILES string of the molecule is O=C(O)CCc1cccc(NC(=O)C2CCCN2C(=O)c2ccccc2)c1. The summed E-state index contributed by atoms with van der Waals surface area (Å²) in [6.07, 6.45) is 1.86. The van der Waals surface area contributed by atoms with Crippen LogP contribution in [0.4, 0.5) is 5.69 Å². The minimum absolute atomic E-state index is 0.0411. The van der Waals surface area contributed by atoms with Crippen molar-refractivity contribution in [2.24, 2.45) is 0 Å². The van der Waals surface area contributed by atoms with E-state index in [4.69, 9.17) is 5.11 Å². The van der Waals surface area contributed by atoms with Crippen LogP contribution >= 0.6 is 0 Å². The molecule has 6 heteroatoms. The number of rotatable bonds is 6. The largest absolute Gasteiger partial charge is 0.481 e.